The van der Waals surface area contributed by atoms with E-state index < -0.39 is 11.5 Å². The summed E-state index contributed by atoms with van der Waals surface area (Å²) in [4.78, 5) is 25.4. The summed E-state index contributed by atoms with van der Waals surface area (Å²) in [5.41, 5.74) is -0.900. The molecule has 7 heteroatoms. The third-order valence-electron chi connectivity index (χ3n) is 4.29. The van der Waals surface area contributed by atoms with Crippen molar-refractivity contribution >= 4 is 28.2 Å². The molecular formula is C20H15NO5S. The maximum Gasteiger partial charge on any atom is 0.287 e. The Morgan fingerprint density at radius 3 is 2.78 bits per heavy atom. The second-order valence-electron chi connectivity index (χ2n) is 6.00. The Balaban J connectivity index is 1.62. The van der Waals surface area contributed by atoms with Gasteiger partial charge in [0, 0.05) is 16.5 Å². The lowest BCUT2D eigenvalue weighted by molar-refractivity contribution is 0.0700. The molecule has 4 aromatic rings. The molecule has 3 aromatic heterocycles. The normalized spacial score (nSPS) is 13.4. The maximum absolute atomic E-state index is 12.6. The molecule has 27 heavy (non-hydrogen) atoms. The summed E-state index contributed by atoms with van der Waals surface area (Å²) in [6.45, 7) is -0.109. The van der Waals surface area contributed by atoms with Crippen molar-refractivity contribution in [2.45, 2.75) is 5.60 Å². The van der Waals surface area contributed by atoms with Gasteiger partial charge < -0.3 is 19.3 Å². The molecule has 4 rings (SSSR count). The van der Waals surface area contributed by atoms with Gasteiger partial charge in [-0.05, 0) is 29.6 Å². The maximum atomic E-state index is 12.6. The lowest BCUT2D eigenvalue weighted by Gasteiger charge is -2.26. The highest BCUT2D eigenvalue weighted by molar-refractivity contribution is 7.10. The van der Waals surface area contributed by atoms with E-state index in [2.05, 4.69) is 5.32 Å². The average Bonchev–Trinajstić information content (AvgIpc) is 3.40. The van der Waals surface area contributed by atoms with Gasteiger partial charge in [0.1, 0.15) is 11.2 Å². The summed E-state index contributed by atoms with van der Waals surface area (Å²) in [6.07, 6.45) is 2.89. The van der Waals surface area contributed by atoms with E-state index in [1.807, 2.05) is 11.4 Å². The van der Waals surface area contributed by atoms with Crippen LogP contribution in [0.4, 0.5) is 0 Å². The number of rotatable bonds is 5. The van der Waals surface area contributed by atoms with Gasteiger partial charge in [-0.2, -0.15) is 0 Å². The van der Waals surface area contributed by atoms with E-state index in [1.54, 1.807) is 36.4 Å². The van der Waals surface area contributed by atoms with Gasteiger partial charge in [0.05, 0.1) is 24.5 Å². The SMILES string of the molecule is O=C(NC[C@](O)(c1ccoc1)c1cccs1)c1cc(=O)c2ccccc2o1. The van der Waals surface area contributed by atoms with Crippen molar-refractivity contribution in [3.8, 4) is 0 Å². The van der Waals surface area contributed by atoms with Crippen LogP contribution in [0.15, 0.2) is 80.1 Å². The first kappa shape index (κ1) is 17.3. The van der Waals surface area contributed by atoms with E-state index in [0.717, 1.165) is 6.07 Å². The van der Waals surface area contributed by atoms with Crippen LogP contribution in [0.5, 0.6) is 0 Å². The minimum absolute atomic E-state index is 0.109. The Morgan fingerprint density at radius 2 is 2.04 bits per heavy atom. The van der Waals surface area contributed by atoms with Crippen molar-refractivity contribution in [3.05, 3.63) is 92.9 Å². The van der Waals surface area contributed by atoms with Crippen LogP contribution < -0.4 is 10.7 Å². The van der Waals surface area contributed by atoms with Gasteiger partial charge in [-0.3, -0.25) is 9.59 Å². The molecule has 3 heterocycles. The lowest BCUT2D eigenvalue weighted by Crippen LogP contribution is -2.41. The van der Waals surface area contributed by atoms with Gasteiger partial charge in [0.15, 0.2) is 11.2 Å². The summed E-state index contributed by atoms with van der Waals surface area (Å²) < 4.78 is 10.6. The molecule has 136 valence electrons. The van der Waals surface area contributed by atoms with Crippen molar-refractivity contribution in [1.82, 2.24) is 5.32 Å². The van der Waals surface area contributed by atoms with E-state index in [-0.39, 0.29) is 17.7 Å². The van der Waals surface area contributed by atoms with E-state index in [0.29, 0.717) is 21.4 Å². The fourth-order valence-corrected chi connectivity index (χ4v) is 3.70. The smallest absolute Gasteiger partial charge is 0.287 e. The molecule has 2 N–H and O–H groups in total. The first-order valence-corrected chi connectivity index (χ1v) is 9.06. The molecule has 1 amide bonds. The number of thiophene rings is 1. The third kappa shape index (κ3) is 3.18. The van der Waals surface area contributed by atoms with Gasteiger partial charge >= 0.3 is 0 Å². The minimum Gasteiger partial charge on any atom is -0.472 e. The van der Waals surface area contributed by atoms with Crippen molar-refractivity contribution in [2.24, 2.45) is 0 Å². The molecule has 0 aliphatic rings. The van der Waals surface area contributed by atoms with Gasteiger partial charge in [0.2, 0.25) is 0 Å². The highest BCUT2D eigenvalue weighted by Gasteiger charge is 2.34. The van der Waals surface area contributed by atoms with E-state index >= 15 is 0 Å². The molecule has 1 aromatic carbocycles. The molecule has 0 saturated carbocycles. The fourth-order valence-electron chi connectivity index (χ4n) is 2.86. The second-order valence-corrected chi connectivity index (χ2v) is 6.95. The molecule has 0 aliphatic heterocycles. The largest absolute Gasteiger partial charge is 0.472 e. The Bertz CT molecular complexity index is 1090. The molecule has 0 unspecified atom stereocenters. The Morgan fingerprint density at radius 1 is 1.19 bits per heavy atom. The number of carbonyl (C=O) groups excluding carboxylic acids is 1. The van der Waals surface area contributed by atoms with Crippen LogP contribution in [-0.4, -0.2) is 17.6 Å². The number of para-hydroxylation sites is 1. The van der Waals surface area contributed by atoms with Crippen molar-refractivity contribution < 1.29 is 18.7 Å². The van der Waals surface area contributed by atoms with Gasteiger partial charge in [-0.15, -0.1) is 11.3 Å². The van der Waals surface area contributed by atoms with Crippen LogP contribution >= 0.6 is 11.3 Å². The molecular weight excluding hydrogens is 366 g/mol. The standard InChI is InChI=1S/C20H15NO5S/c22-15-10-17(26-16-5-2-1-4-14(15)16)19(23)21-12-20(24,13-7-8-25-11-13)18-6-3-9-27-18/h1-11,24H,12H2,(H,21,23)/t20-/m0/s1. The predicted octanol–water partition coefficient (Wildman–Crippen LogP) is 3.11. The zero-order chi connectivity index (χ0) is 18.9. The van der Waals surface area contributed by atoms with Gasteiger partial charge in [-0.25, -0.2) is 0 Å². The Kier molecular flexibility index (Phi) is 4.39. The van der Waals surface area contributed by atoms with E-state index in [9.17, 15) is 14.7 Å². The van der Waals surface area contributed by atoms with Gasteiger partial charge in [-0.1, -0.05) is 18.2 Å². The molecule has 0 spiro atoms. The van der Waals surface area contributed by atoms with Crippen molar-refractivity contribution in [1.29, 1.82) is 0 Å². The quantitative estimate of drug-likeness (QED) is 0.554. The molecule has 1 atom stereocenters. The van der Waals surface area contributed by atoms with Crippen LogP contribution in [0.1, 0.15) is 21.0 Å². The summed E-state index contributed by atoms with van der Waals surface area (Å²) in [5.74, 6) is -0.698. The molecule has 6 nitrogen and oxygen atoms in total. The average molecular weight is 381 g/mol. The van der Waals surface area contributed by atoms with Crippen LogP contribution in [0.25, 0.3) is 11.0 Å². The fraction of sp³-hybridized carbons (Fsp3) is 0.100. The molecule has 0 radical (unpaired) electrons. The first-order chi connectivity index (χ1) is 13.1. The van der Waals surface area contributed by atoms with E-state index in [4.69, 9.17) is 8.83 Å². The highest BCUT2D eigenvalue weighted by atomic mass is 32.1. The minimum atomic E-state index is -1.45. The number of nitrogens with one attached hydrogen (secondary N) is 1. The number of furan rings is 1. The van der Waals surface area contributed by atoms with Gasteiger partial charge in [0.25, 0.3) is 5.91 Å². The monoisotopic (exact) mass is 381 g/mol. The Labute approximate surface area is 157 Å². The summed E-state index contributed by atoms with van der Waals surface area (Å²) >= 11 is 1.36. The van der Waals surface area contributed by atoms with Crippen LogP contribution in [0.3, 0.4) is 0 Å². The zero-order valence-electron chi connectivity index (χ0n) is 14.0. The first-order valence-electron chi connectivity index (χ1n) is 8.18. The molecule has 0 fully saturated rings. The predicted molar refractivity (Wildman–Crippen MR) is 101 cm³/mol. The number of aliphatic hydroxyl groups is 1. The number of amides is 1. The van der Waals surface area contributed by atoms with Crippen LogP contribution in [-0.2, 0) is 5.60 Å². The molecule has 0 bridgehead atoms. The number of fused-ring (bicyclic) bond motifs is 1. The summed E-state index contributed by atoms with van der Waals surface area (Å²) in [7, 11) is 0. The number of hydrogen-bond donors (Lipinski definition) is 2. The molecule has 0 saturated heterocycles. The summed E-state index contributed by atoms with van der Waals surface area (Å²) in [6, 6.07) is 13.1. The van der Waals surface area contributed by atoms with Crippen molar-refractivity contribution in [2.75, 3.05) is 6.54 Å². The number of benzene rings is 1. The molecule has 0 aliphatic carbocycles. The number of hydrogen-bond acceptors (Lipinski definition) is 6. The van der Waals surface area contributed by atoms with Crippen molar-refractivity contribution in [3.63, 3.8) is 0 Å². The lowest BCUT2D eigenvalue weighted by atomic mass is 9.94. The summed E-state index contributed by atoms with van der Waals surface area (Å²) in [5, 5.41) is 16.1. The second kappa shape index (κ2) is 6.86. The van der Waals surface area contributed by atoms with Crippen LogP contribution in [0.2, 0.25) is 0 Å². The Hall–Kier alpha value is -3.16. The zero-order valence-corrected chi connectivity index (χ0v) is 14.9. The number of carbonyl (C=O) groups is 1. The van der Waals surface area contributed by atoms with Crippen LogP contribution in [0, 0.1) is 0 Å². The van der Waals surface area contributed by atoms with E-state index in [1.165, 1.54) is 23.9 Å². The highest BCUT2D eigenvalue weighted by Crippen LogP contribution is 2.32. The third-order valence-corrected chi connectivity index (χ3v) is 5.31. The topological polar surface area (TPSA) is 92.7 Å².